The van der Waals surface area contributed by atoms with Crippen molar-refractivity contribution in [3.63, 3.8) is 0 Å². The molecule has 0 saturated heterocycles. The number of halogens is 3. The number of amides is 1. The standard InChI is InChI=1S/C9H12F3NO3/c1-8(7(15)16,4-9(10,11)12)6(14)13-5-2-3-5/h5H,2-4H2,1H3,(H,13,14)(H,15,16). The molecule has 0 spiro atoms. The fourth-order valence-corrected chi connectivity index (χ4v) is 1.23. The van der Waals surface area contributed by atoms with Gasteiger partial charge >= 0.3 is 12.1 Å². The summed E-state index contributed by atoms with van der Waals surface area (Å²) in [7, 11) is 0. The Bertz CT molecular complexity index is 312. The monoisotopic (exact) mass is 239 g/mol. The molecule has 92 valence electrons. The average Bonchev–Trinajstić information content (AvgIpc) is 2.84. The number of alkyl halides is 3. The third-order valence-corrected chi connectivity index (χ3v) is 2.44. The van der Waals surface area contributed by atoms with Gasteiger partial charge in [-0.15, -0.1) is 0 Å². The van der Waals surface area contributed by atoms with Crippen LogP contribution in [0.25, 0.3) is 0 Å². The molecule has 7 heteroatoms. The van der Waals surface area contributed by atoms with Crippen molar-refractivity contribution in [2.24, 2.45) is 5.41 Å². The SMILES string of the molecule is CC(CC(F)(F)F)(C(=O)O)C(=O)NC1CC1. The van der Waals surface area contributed by atoms with Crippen molar-refractivity contribution in [2.75, 3.05) is 0 Å². The Morgan fingerprint density at radius 2 is 1.88 bits per heavy atom. The van der Waals surface area contributed by atoms with Gasteiger partial charge in [-0.05, 0) is 19.8 Å². The molecular formula is C9H12F3NO3. The number of carbonyl (C=O) groups excluding carboxylic acids is 1. The molecule has 0 aliphatic heterocycles. The van der Waals surface area contributed by atoms with E-state index < -0.39 is 29.9 Å². The molecule has 16 heavy (non-hydrogen) atoms. The number of carboxylic acids is 1. The smallest absolute Gasteiger partial charge is 0.390 e. The highest BCUT2D eigenvalue weighted by Crippen LogP contribution is 2.35. The summed E-state index contributed by atoms with van der Waals surface area (Å²) >= 11 is 0. The lowest BCUT2D eigenvalue weighted by molar-refractivity contribution is -0.181. The van der Waals surface area contributed by atoms with Crippen molar-refractivity contribution in [1.29, 1.82) is 0 Å². The van der Waals surface area contributed by atoms with Gasteiger partial charge in [0, 0.05) is 6.04 Å². The van der Waals surface area contributed by atoms with Gasteiger partial charge in [-0.3, -0.25) is 9.59 Å². The molecule has 4 nitrogen and oxygen atoms in total. The van der Waals surface area contributed by atoms with Crippen LogP contribution in [0.5, 0.6) is 0 Å². The minimum atomic E-state index is -4.69. The molecule has 1 atom stereocenters. The number of hydrogen-bond acceptors (Lipinski definition) is 2. The van der Waals surface area contributed by atoms with E-state index in [1.54, 1.807) is 0 Å². The van der Waals surface area contributed by atoms with Gasteiger partial charge in [-0.25, -0.2) is 0 Å². The van der Waals surface area contributed by atoms with Gasteiger partial charge in [0.1, 0.15) is 0 Å². The third kappa shape index (κ3) is 3.11. The van der Waals surface area contributed by atoms with Gasteiger partial charge in [-0.2, -0.15) is 13.2 Å². The van der Waals surface area contributed by atoms with Crippen LogP contribution >= 0.6 is 0 Å². The summed E-state index contributed by atoms with van der Waals surface area (Å²) in [6.45, 7) is 0.792. The summed E-state index contributed by atoms with van der Waals surface area (Å²) in [6.07, 6.45) is -4.97. The predicted octanol–water partition coefficient (Wildman–Crippen LogP) is 1.31. The van der Waals surface area contributed by atoms with Gasteiger partial charge in [0.2, 0.25) is 5.91 Å². The van der Waals surface area contributed by atoms with Crippen LogP contribution in [-0.4, -0.2) is 29.2 Å². The van der Waals surface area contributed by atoms with Crippen LogP contribution in [0.3, 0.4) is 0 Å². The molecule has 1 fully saturated rings. The van der Waals surface area contributed by atoms with E-state index in [0.29, 0.717) is 12.8 Å². The van der Waals surface area contributed by atoms with E-state index in [1.807, 2.05) is 0 Å². The fourth-order valence-electron chi connectivity index (χ4n) is 1.23. The quantitative estimate of drug-likeness (QED) is 0.727. The minimum Gasteiger partial charge on any atom is -0.480 e. The molecule has 0 aromatic carbocycles. The largest absolute Gasteiger partial charge is 0.480 e. The maximum absolute atomic E-state index is 12.2. The first-order valence-corrected chi connectivity index (χ1v) is 4.76. The van der Waals surface area contributed by atoms with Crippen molar-refractivity contribution >= 4 is 11.9 Å². The number of hydrogen-bond donors (Lipinski definition) is 2. The van der Waals surface area contributed by atoms with Crippen LogP contribution < -0.4 is 5.32 Å². The summed E-state index contributed by atoms with van der Waals surface area (Å²) in [4.78, 5) is 22.2. The van der Waals surface area contributed by atoms with Crippen LogP contribution in [0, 0.1) is 5.41 Å². The molecule has 2 N–H and O–H groups in total. The summed E-state index contributed by atoms with van der Waals surface area (Å²) in [5.41, 5.74) is -2.44. The number of carbonyl (C=O) groups is 2. The van der Waals surface area contributed by atoms with E-state index in [-0.39, 0.29) is 6.04 Å². The lowest BCUT2D eigenvalue weighted by atomic mass is 9.85. The molecule has 1 amide bonds. The zero-order chi connectivity index (χ0) is 12.6. The molecule has 0 bridgehead atoms. The molecule has 0 aromatic heterocycles. The minimum absolute atomic E-state index is 0.167. The summed E-state index contributed by atoms with van der Waals surface area (Å²) in [6, 6.07) is -0.167. The first-order valence-electron chi connectivity index (χ1n) is 4.76. The van der Waals surface area contributed by atoms with E-state index in [4.69, 9.17) is 5.11 Å². The highest BCUT2D eigenvalue weighted by Gasteiger charge is 2.50. The zero-order valence-electron chi connectivity index (χ0n) is 8.60. The van der Waals surface area contributed by atoms with E-state index >= 15 is 0 Å². The Balaban J connectivity index is 2.77. The second-order valence-electron chi connectivity index (χ2n) is 4.18. The molecule has 1 saturated carbocycles. The topological polar surface area (TPSA) is 66.4 Å². The Labute approximate surface area is 89.8 Å². The van der Waals surface area contributed by atoms with Crippen molar-refractivity contribution in [3.8, 4) is 0 Å². The molecule has 1 unspecified atom stereocenters. The van der Waals surface area contributed by atoms with Gasteiger partial charge in [0.25, 0.3) is 0 Å². The second-order valence-corrected chi connectivity index (χ2v) is 4.18. The van der Waals surface area contributed by atoms with E-state index in [9.17, 15) is 22.8 Å². The molecule has 0 heterocycles. The van der Waals surface area contributed by atoms with Crippen LogP contribution in [-0.2, 0) is 9.59 Å². The van der Waals surface area contributed by atoms with Gasteiger partial charge in [-0.1, -0.05) is 0 Å². The Morgan fingerprint density at radius 3 is 2.19 bits per heavy atom. The van der Waals surface area contributed by atoms with E-state index in [0.717, 1.165) is 6.92 Å². The predicted molar refractivity (Wildman–Crippen MR) is 47.6 cm³/mol. The van der Waals surface area contributed by atoms with Gasteiger partial charge in [0.15, 0.2) is 5.41 Å². The van der Waals surface area contributed by atoms with Crippen LogP contribution in [0.4, 0.5) is 13.2 Å². The molecule has 0 aromatic rings. The average molecular weight is 239 g/mol. The molecule has 1 aliphatic carbocycles. The summed E-state index contributed by atoms with van der Waals surface area (Å²) < 4.78 is 36.5. The Kier molecular flexibility index (Phi) is 3.16. The highest BCUT2D eigenvalue weighted by molar-refractivity contribution is 6.01. The van der Waals surface area contributed by atoms with Crippen LogP contribution in [0.15, 0.2) is 0 Å². The van der Waals surface area contributed by atoms with Gasteiger partial charge in [0.05, 0.1) is 6.42 Å². The van der Waals surface area contributed by atoms with E-state index in [2.05, 4.69) is 5.32 Å². The zero-order valence-corrected chi connectivity index (χ0v) is 8.60. The normalized spacial score (nSPS) is 20.0. The molecule has 1 aliphatic rings. The van der Waals surface area contributed by atoms with Crippen molar-refractivity contribution in [2.45, 2.75) is 38.4 Å². The van der Waals surface area contributed by atoms with Crippen molar-refractivity contribution in [3.05, 3.63) is 0 Å². The molecule has 0 radical (unpaired) electrons. The van der Waals surface area contributed by atoms with E-state index in [1.165, 1.54) is 0 Å². The maximum Gasteiger partial charge on any atom is 0.390 e. The highest BCUT2D eigenvalue weighted by atomic mass is 19.4. The second kappa shape index (κ2) is 3.95. The van der Waals surface area contributed by atoms with Gasteiger partial charge < -0.3 is 10.4 Å². The number of aliphatic carboxylic acids is 1. The third-order valence-electron chi connectivity index (χ3n) is 2.44. The summed E-state index contributed by atoms with van der Waals surface area (Å²) in [5, 5.41) is 11.0. The fraction of sp³-hybridized carbons (Fsp3) is 0.778. The summed E-state index contributed by atoms with van der Waals surface area (Å²) in [5.74, 6) is -2.83. The Hall–Kier alpha value is -1.27. The first-order chi connectivity index (χ1) is 7.15. The first kappa shape index (κ1) is 12.8. The maximum atomic E-state index is 12.2. The molecular weight excluding hydrogens is 227 g/mol. The number of rotatable bonds is 4. The number of carboxylic acid groups (broad SMARTS) is 1. The van der Waals surface area contributed by atoms with Crippen molar-refractivity contribution in [1.82, 2.24) is 5.32 Å². The molecule has 1 rings (SSSR count). The lowest BCUT2D eigenvalue weighted by Gasteiger charge is -2.24. The van der Waals surface area contributed by atoms with Crippen molar-refractivity contribution < 1.29 is 27.9 Å². The number of nitrogens with one attached hydrogen (secondary N) is 1. The Morgan fingerprint density at radius 1 is 1.38 bits per heavy atom. The van der Waals surface area contributed by atoms with Crippen LogP contribution in [0.2, 0.25) is 0 Å². The van der Waals surface area contributed by atoms with Crippen LogP contribution in [0.1, 0.15) is 26.2 Å². The lowest BCUT2D eigenvalue weighted by Crippen LogP contribution is -2.47.